The molecule has 0 bridgehead atoms. The topological polar surface area (TPSA) is 38.5 Å². The molecule has 3 heteroatoms. The molecule has 3 unspecified atom stereocenters. The van der Waals surface area contributed by atoms with E-state index in [0.29, 0.717) is 12.6 Å². The molecule has 0 amide bonds. The molecule has 3 atom stereocenters. The lowest BCUT2D eigenvalue weighted by molar-refractivity contribution is 0.0690. The van der Waals surface area contributed by atoms with Gasteiger partial charge in [0.05, 0.1) is 13.2 Å². The second kappa shape index (κ2) is 6.15. The van der Waals surface area contributed by atoms with Crippen molar-refractivity contribution in [2.45, 2.75) is 44.2 Å². The Bertz CT molecular complexity index is 448. The maximum atomic E-state index is 6.14. The Kier molecular flexibility index (Phi) is 4.27. The Hall–Kier alpha value is -1.06. The fraction of sp³-hybridized carbons (Fsp3) is 0.647. The van der Waals surface area contributed by atoms with Crippen LogP contribution in [-0.4, -0.2) is 31.1 Å². The van der Waals surface area contributed by atoms with E-state index in [4.69, 9.17) is 10.5 Å². The lowest BCUT2D eigenvalue weighted by Gasteiger charge is -2.43. The smallest absolute Gasteiger partial charge is 0.123 e. The molecule has 0 radical (unpaired) electrons. The van der Waals surface area contributed by atoms with Crippen molar-refractivity contribution in [3.8, 4) is 5.75 Å². The number of hydrogen-bond acceptors (Lipinski definition) is 3. The van der Waals surface area contributed by atoms with Crippen molar-refractivity contribution in [3.63, 3.8) is 0 Å². The normalized spacial score (nSPS) is 28.1. The van der Waals surface area contributed by atoms with E-state index >= 15 is 0 Å². The van der Waals surface area contributed by atoms with Crippen molar-refractivity contribution in [1.82, 2.24) is 4.90 Å². The molecule has 3 rings (SSSR count). The van der Waals surface area contributed by atoms with Gasteiger partial charge in [0.1, 0.15) is 5.75 Å². The lowest BCUT2D eigenvalue weighted by atomic mass is 9.89. The zero-order valence-corrected chi connectivity index (χ0v) is 12.4. The second-order valence-corrected chi connectivity index (χ2v) is 6.13. The molecule has 1 saturated heterocycles. The molecule has 1 saturated carbocycles. The predicted octanol–water partition coefficient (Wildman–Crippen LogP) is 2.96. The largest absolute Gasteiger partial charge is 0.496 e. The summed E-state index contributed by atoms with van der Waals surface area (Å²) in [5.74, 6) is 1.87. The Balaban J connectivity index is 1.88. The van der Waals surface area contributed by atoms with E-state index in [1.807, 2.05) is 12.1 Å². The number of fused-ring (bicyclic) bond motifs is 1. The standard InChI is InChI=1S/C17H26N2O/c1-20-17-10-3-2-8-14(17)16(12-18)19-11-5-7-13-6-4-9-15(13)19/h2-3,8,10,13,15-16H,4-7,9,11-12,18H2,1H3. The van der Waals surface area contributed by atoms with Crippen LogP contribution in [0.1, 0.15) is 43.7 Å². The molecule has 1 aromatic carbocycles. The molecule has 1 aromatic rings. The van der Waals surface area contributed by atoms with Gasteiger partial charge < -0.3 is 10.5 Å². The maximum absolute atomic E-state index is 6.14. The molecule has 1 aliphatic heterocycles. The predicted molar refractivity (Wildman–Crippen MR) is 81.9 cm³/mol. The summed E-state index contributed by atoms with van der Waals surface area (Å²) in [6.07, 6.45) is 6.85. The summed E-state index contributed by atoms with van der Waals surface area (Å²) in [4.78, 5) is 2.67. The molecule has 0 aromatic heterocycles. The molecule has 2 fully saturated rings. The first-order valence-corrected chi connectivity index (χ1v) is 7.94. The van der Waals surface area contributed by atoms with Crippen LogP contribution < -0.4 is 10.5 Å². The van der Waals surface area contributed by atoms with Crippen molar-refractivity contribution >= 4 is 0 Å². The number of nitrogens with zero attached hydrogens (tertiary/aromatic N) is 1. The first-order valence-electron chi connectivity index (χ1n) is 7.94. The molecule has 1 aliphatic carbocycles. The van der Waals surface area contributed by atoms with E-state index in [1.54, 1.807) is 7.11 Å². The Labute approximate surface area is 122 Å². The summed E-state index contributed by atoms with van der Waals surface area (Å²) in [5.41, 5.74) is 7.40. The van der Waals surface area contributed by atoms with Crippen LogP contribution in [0.4, 0.5) is 0 Å². The van der Waals surface area contributed by atoms with Crippen LogP contribution in [0, 0.1) is 5.92 Å². The zero-order valence-electron chi connectivity index (χ0n) is 12.4. The fourth-order valence-corrected chi connectivity index (χ4v) is 4.26. The molecule has 2 aliphatic rings. The monoisotopic (exact) mass is 274 g/mol. The first kappa shape index (κ1) is 13.9. The third-order valence-electron chi connectivity index (χ3n) is 5.16. The van der Waals surface area contributed by atoms with Crippen LogP contribution in [-0.2, 0) is 0 Å². The van der Waals surface area contributed by atoms with Gasteiger partial charge in [0.2, 0.25) is 0 Å². The van der Waals surface area contributed by atoms with Crippen molar-refractivity contribution in [1.29, 1.82) is 0 Å². The summed E-state index contributed by atoms with van der Waals surface area (Å²) in [6, 6.07) is 9.39. The number of rotatable bonds is 4. The Morgan fingerprint density at radius 3 is 2.85 bits per heavy atom. The van der Waals surface area contributed by atoms with Crippen LogP contribution >= 0.6 is 0 Å². The van der Waals surface area contributed by atoms with E-state index in [2.05, 4.69) is 17.0 Å². The van der Waals surface area contributed by atoms with Crippen LogP contribution in [0.5, 0.6) is 5.75 Å². The Morgan fingerprint density at radius 1 is 1.25 bits per heavy atom. The average molecular weight is 274 g/mol. The van der Waals surface area contributed by atoms with E-state index in [-0.39, 0.29) is 0 Å². The molecular formula is C17H26N2O. The quantitative estimate of drug-likeness (QED) is 0.917. The summed E-state index contributed by atoms with van der Waals surface area (Å²) >= 11 is 0. The molecule has 20 heavy (non-hydrogen) atoms. The van der Waals surface area contributed by atoms with Gasteiger partial charge >= 0.3 is 0 Å². The maximum Gasteiger partial charge on any atom is 0.123 e. The SMILES string of the molecule is COc1ccccc1C(CN)N1CCCC2CCCC21. The van der Waals surface area contributed by atoms with Gasteiger partial charge in [-0.2, -0.15) is 0 Å². The molecule has 1 heterocycles. The molecule has 2 N–H and O–H groups in total. The number of para-hydroxylation sites is 1. The highest BCUT2D eigenvalue weighted by molar-refractivity contribution is 5.36. The highest BCUT2D eigenvalue weighted by atomic mass is 16.5. The summed E-state index contributed by atoms with van der Waals surface area (Å²) < 4.78 is 5.55. The van der Waals surface area contributed by atoms with Crippen LogP contribution in [0.2, 0.25) is 0 Å². The number of likely N-dealkylation sites (tertiary alicyclic amines) is 1. The van der Waals surface area contributed by atoms with Gasteiger partial charge in [-0.05, 0) is 44.2 Å². The summed E-state index contributed by atoms with van der Waals surface area (Å²) in [5, 5.41) is 0. The zero-order chi connectivity index (χ0) is 13.9. The summed E-state index contributed by atoms with van der Waals surface area (Å²) in [7, 11) is 1.75. The number of piperidine rings is 1. The van der Waals surface area contributed by atoms with Crippen LogP contribution in [0.15, 0.2) is 24.3 Å². The number of hydrogen-bond donors (Lipinski definition) is 1. The van der Waals surface area contributed by atoms with Gasteiger partial charge in [-0.1, -0.05) is 24.6 Å². The molecule has 0 spiro atoms. The third kappa shape index (κ3) is 2.45. The Morgan fingerprint density at radius 2 is 2.05 bits per heavy atom. The minimum Gasteiger partial charge on any atom is -0.496 e. The number of methoxy groups -OCH3 is 1. The van der Waals surface area contributed by atoms with Crippen molar-refractivity contribution in [3.05, 3.63) is 29.8 Å². The van der Waals surface area contributed by atoms with Crippen molar-refractivity contribution < 1.29 is 4.74 Å². The fourth-order valence-electron chi connectivity index (χ4n) is 4.26. The van der Waals surface area contributed by atoms with E-state index < -0.39 is 0 Å². The van der Waals surface area contributed by atoms with Gasteiger partial charge in [0, 0.05) is 18.2 Å². The molecular weight excluding hydrogens is 248 g/mol. The van der Waals surface area contributed by atoms with Crippen molar-refractivity contribution in [2.75, 3.05) is 20.2 Å². The van der Waals surface area contributed by atoms with Gasteiger partial charge in [-0.15, -0.1) is 0 Å². The van der Waals surface area contributed by atoms with E-state index in [0.717, 1.165) is 17.7 Å². The van der Waals surface area contributed by atoms with Crippen LogP contribution in [0.3, 0.4) is 0 Å². The second-order valence-electron chi connectivity index (χ2n) is 6.13. The minimum absolute atomic E-state index is 0.303. The van der Waals surface area contributed by atoms with Crippen molar-refractivity contribution in [2.24, 2.45) is 11.7 Å². The van der Waals surface area contributed by atoms with Gasteiger partial charge in [-0.3, -0.25) is 4.90 Å². The number of nitrogens with two attached hydrogens (primary N) is 1. The lowest BCUT2D eigenvalue weighted by Crippen LogP contribution is -2.46. The minimum atomic E-state index is 0.303. The molecule has 110 valence electrons. The highest BCUT2D eigenvalue weighted by Gasteiger charge is 2.38. The highest BCUT2D eigenvalue weighted by Crippen LogP contribution is 2.41. The van der Waals surface area contributed by atoms with E-state index in [1.165, 1.54) is 44.2 Å². The third-order valence-corrected chi connectivity index (χ3v) is 5.16. The van der Waals surface area contributed by atoms with E-state index in [9.17, 15) is 0 Å². The molecule has 3 nitrogen and oxygen atoms in total. The van der Waals surface area contributed by atoms with Gasteiger partial charge in [0.25, 0.3) is 0 Å². The van der Waals surface area contributed by atoms with Gasteiger partial charge in [-0.25, -0.2) is 0 Å². The number of ether oxygens (including phenoxy) is 1. The van der Waals surface area contributed by atoms with Crippen LogP contribution in [0.25, 0.3) is 0 Å². The number of benzene rings is 1. The van der Waals surface area contributed by atoms with Gasteiger partial charge in [0.15, 0.2) is 0 Å². The average Bonchev–Trinajstić information content (AvgIpc) is 2.98. The first-order chi connectivity index (χ1) is 9.85. The summed E-state index contributed by atoms with van der Waals surface area (Å²) in [6.45, 7) is 1.85.